The summed E-state index contributed by atoms with van der Waals surface area (Å²) in [5.74, 6) is 0.271. The monoisotopic (exact) mass is 274 g/mol. The minimum absolute atomic E-state index is 0.181. The van der Waals surface area contributed by atoms with E-state index >= 15 is 0 Å². The third-order valence-corrected chi connectivity index (χ3v) is 4.40. The summed E-state index contributed by atoms with van der Waals surface area (Å²) >= 11 is 0. The van der Waals surface area contributed by atoms with E-state index in [1.54, 1.807) is 0 Å². The van der Waals surface area contributed by atoms with Crippen molar-refractivity contribution in [2.45, 2.75) is 46.0 Å². The molecule has 0 saturated heterocycles. The number of nitrogens with zero attached hydrogens (tertiary/aromatic N) is 1. The number of benzene rings is 1. The van der Waals surface area contributed by atoms with Gasteiger partial charge in [0.2, 0.25) is 5.91 Å². The van der Waals surface area contributed by atoms with Crippen LogP contribution in [-0.2, 0) is 4.79 Å². The third-order valence-electron chi connectivity index (χ3n) is 4.40. The number of amides is 1. The van der Waals surface area contributed by atoms with E-state index in [2.05, 4.69) is 26.0 Å². The fourth-order valence-electron chi connectivity index (χ4n) is 3.02. The molecule has 2 N–H and O–H groups in total. The maximum absolute atomic E-state index is 12.9. The molecule has 20 heavy (non-hydrogen) atoms. The Morgan fingerprint density at radius 3 is 2.40 bits per heavy atom. The first-order valence-corrected chi connectivity index (χ1v) is 7.65. The largest absolute Gasteiger partial charge is 0.330 e. The SMILES string of the molecule is Cc1ccc(N(CCCN)C(=O)C2(C)CCCC2)cc1. The minimum atomic E-state index is -0.181. The number of carbonyl (C=O) groups excluding carboxylic acids is 1. The van der Waals surface area contributed by atoms with Crippen molar-refractivity contribution in [1.29, 1.82) is 0 Å². The van der Waals surface area contributed by atoms with Crippen LogP contribution in [0.15, 0.2) is 24.3 Å². The van der Waals surface area contributed by atoms with Crippen molar-refractivity contribution in [3.8, 4) is 0 Å². The van der Waals surface area contributed by atoms with Gasteiger partial charge in [0.1, 0.15) is 0 Å². The molecule has 1 aromatic carbocycles. The number of nitrogens with two attached hydrogens (primary N) is 1. The first-order chi connectivity index (χ1) is 9.57. The average molecular weight is 274 g/mol. The Bertz CT molecular complexity index is 447. The highest BCUT2D eigenvalue weighted by Crippen LogP contribution is 2.40. The Morgan fingerprint density at radius 1 is 1.25 bits per heavy atom. The molecular formula is C17H26N2O. The van der Waals surface area contributed by atoms with Crippen molar-refractivity contribution in [3.63, 3.8) is 0 Å². The molecule has 1 fully saturated rings. The van der Waals surface area contributed by atoms with Gasteiger partial charge >= 0.3 is 0 Å². The summed E-state index contributed by atoms with van der Waals surface area (Å²) < 4.78 is 0. The van der Waals surface area contributed by atoms with E-state index in [-0.39, 0.29) is 11.3 Å². The molecule has 0 radical (unpaired) electrons. The quantitative estimate of drug-likeness (QED) is 0.896. The van der Waals surface area contributed by atoms with Crippen molar-refractivity contribution in [1.82, 2.24) is 0 Å². The smallest absolute Gasteiger partial charge is 0.232 e. The standard InChI is InChI=1S/C17H26N2O/c1-14-6-8-15(9-7-14)19(13-5-12-18)16(20)17(2)10-3-4-11-17/h6-9H,3-5,10-13,18H2,1-2H3. The van der Waals surface area contributed by atoms with E-state index in [1.807, 2.05) is 17.0 Å². The Morgan fingerprint density at radius 2 is 1.85 bits per heavy atom. The highest BCUT2D eigenvalue weighted by molar-refractivity contribution is 5.97. The number of hydrogen-bond donors (Lipinski definition) is 1. The van der Waals surface area contributed by atoms with Gasteiger partial charge in [-0.15, -0.1) is 0 Å². The number of anilines is 1. The molecule has 1 aliphatic rings. The molecule has 0 heterocycles. The molecule has 2 rings (SSSR count). The van der Waals surface area contributed by atoms with Crippen LogP contribution in [0.4, 0.5) is 5.69 Å². The third kappa shape index (κ3) is 3.21. The lowest BCUT2D eigenvalue weighted by atomic mass is 9.87. The zero-order valence-corrected chi connectivity index (χ0v) is 12.7. The van der Waals surface area contributed by atoms with Gasteiger partial charge in [-0.25, -0.2) is 0 Å². The molecule has 0 spiro atoms. The molecule has 0 aromatic heterocycles. The maximum atomic E-state index is 12.9. The zero-order chi connectivity index (χ0) is 14.6. The first-order valence-electron chi connectivity index (χ1n) is 7.65. The summed E-state index contributed by atoms with van der Waals surface area (Å²) in [4.78, 5) is 14.9. The highest BCUT2D eigenvalue weighted by atomic mass is 16.2. The van der Waals surface area contributed by atoms with E-state index in [9.17, 15) is 4.79 Å². The Labute approximate surface area is 122 Å². The summed E-state index contributed by atoms with van der Waals surface area (Å²) in [5, 5.41) is 0. The van der Waals surface area contributed by atoms with Crippen molar-refractivity contribution < 1.29 is 4.79 Å². The van der Waals surface area contributed by atoms with Gasteiger partial charge in [-0.3, -0.25) is 4.79 Å². The number of hydrogen-bond acceptors (Lipinski definition) is 2. The molecule has 0 atom stereocenters. The van der Waals surface area contributed by atoms with Crippen LogP contribution < -0.4 is 10.6 Å². The van der Waals surface area contributed by atoms with E-state index < -0.39 is 0 Å². The molecule has 1 aliphatic carbocycles. The van der Waals surface area contributed by atoms with Gasteiger partial charge < -0.3 is 10.6 Å². The second-order valence-corrected chi connectivity index (χ2v) is 6.20. The predicted octanol–water partition coefficient (Wildman–Crippen LogP) is 3.26. The highest BCUT2D eigenvalue weighted by Gasteiger charge is 2.39. The molecule has 1 aromatic rings. The van der Waals surface area contributed by atoms with Gasteiger partial charge in [-0.05, 0) is 44.9 Å². The van der Waals surface area contributed by atoms with Crippen molar-refractivity contribution in [2.75, 3.05) is 18.0 Å². The number of carbonyl (C=O) groups is 1. The van der Waals surface area contributed by atoms with Crippen LogP contribution in [0.5, 0.6) is 0 Å². The van der Waals surface area contributed by atoms with Crippen molar-refractivity contribution >= 4 is 11.6 Å². The van der Waals surface area contributed by atoms with Crippen molar-refractivity contribution in [2.24, 2.45) is 11.1 Å². The topological polar surface area (TPSA) is 46.3 Å². The van der Waals surface area contributed by atoms with E-state index in [0.29, 0.717) is 13.1 Å². The number of rotatable bonds is 5. The second kappa shape index (κ2) is 6.40. The molecule has 110 valence electrons. The minimum Gasteiger partial charge on any atom is -0.330 e. The van der Waals surface area contributed by atoms with Gasteiger partial charge in [-0.2, -0.15) is 0 Å². The second-order valence-electron chi connectivity index (χ2n) is 6.20. The summed E-state index contributed by atoms with van der Waals surface area (Å²) in [6.07, 6.45) is 5.20. The van der Waals surface area contributed by atoms with Crippen LogP contribution in [0.3, 0.4) is 0 Å². The molecule has 0 aliphatic heterocycles. The van der Waals surface area contributed by atoms with Gasteiger partial charge in [0.15, 0.2) is 0 Å². The van der Waals surface area contributed by atoms with Gasteiger partial charge in [0, 0.05) is 17.6 Å². The average Bonchev–Trinajstić information content (AvgIpc) is 2.89. The molecule has 0 bridgehead atoms. The van der Waals surface area contributed by atoms with E-state index in [0.717, 1.165) is 24.9 Å². The fourth-order valence-corrected chi connectivity index (χ4v) is 3.02. The van der Waals surface area contributed by atoms with Crippen LogP contribution in [0.25, 0.3) is 0 Å². The first kappa shape index (κ1) is 15.0. The fraction of sp³-hybridized carbons (Fsp3) is 0.588. The Hall–Kier alpha value is -1.35. The predicted molar refractivity (Wildman–Crippen MR) is 83.8 cm³/mol. The molecule has 1 saturated carbocycles. The van der Waals surface area contributed by atoms with Gasteiger partial charge in [0.05, 0.1) is 0 Å². The molecule has 1 amide bonds. The van der Waals surface area contributed by atoms with Crippen LogP contribution in [0, 0.1) is 12.3 Å². The molecule has 0 unspecified atom stereocenters. The summed E-state index contributed by atoms with van der Waals surface area (Å²) in [6.45, 7) is 5.51. The van der Waals surface area contributed by atoms with Crippen LogP contribution in [0.1, 0.15) is 44.6 Å². The lowest BCUT2D eigenvalue weighted by molar-refractivity contribution is -0.127. The van der Waals surface area contributed by atoms with Gasteiger partial charge in [-0.1, -0.05) is 37.5 Å². The van der Waals surface area contributed by atoms with Gasteiger partial charge in [0.25, 0.3) is 0 Å². The normalized spacial score (nSPS) is 17.1. The lowest BCUT2D eigenvalue weighted by Gasteiger charge is -2.32. The zero-order valence-electron chi connectivity index (χ0n) is 12.7. The van der Waals surface area contributed by atoms with E-state index in [4.69, 9.17) is 5.73 Å². The summed E-state index contributed by atoms with van der Waals surface area (Å²) in [7, 11) is 0. The summed E-state index contributed by atoms with van der Waals surface area (Å²) in [5.41, 5.74) is 7.66. The lowest BCUT2D eigenvalue weighted by Crippen LogP contribution is -2.42. The molecule has 3 nitrogen and oxygen atoms in total. The molecule has 3 heteroatoms. The van der Waals surface area contributed by atoms with Crippen LogP contribution in [0.2, 0.25) is 0 Å². The maximum Gasteiger partial charge on any atom is 0.232 e. The van der Waals surface area contributed by atoms with Crippen molar-refractivity contribution in [3.05, 3.63) is 29.8 Å². The Kier molecular flexibility index (Phi) is 4.81. The molecular weight excluding hydrogens is 248 g/mol. The summed E-state index contributed by atoms with van der Waals surface area (Å²) in [6, 6.07) is 8.22. The van der Waals surface area contributed by atoms with Crippen LogP contribution >= 0.6 is 0 Å². The van der Waals surface area contributed by atoms with Crippen LogP contribution in [-0.4, -0.2) is 19.0 Å². The number of aryl methyl sites for hydroxylation is 1. The van der Waals surface area contributed by atoms with E-state index in [1.165, 1.54) is 18.4 Å². The Balaban J connectivity index is 2.22.